The Bertz CT molecular complexity index is 1470. The molecule has 34 heavy (non-hydrogen) atoms. The molecule has 2 heterocycles. The van der Waals surface area contributed by atoms with E-state index in [1.807, 2.05) is 35.2 Å². The largest absolute Gasteiger partial charge is 0.297 e. The Morgan fingerprint density at radius 2 is 1.85 bits per heavy atom. The first kappa shape index (κ1) is 21.8. The first-order valence-electron chi connectivity index (χ1n) is 10.5. The third-order valence-electron chi connectivity index (χ3n) is 5.90. The summed E-state index contributed by atoms with van der Waals surface area (Å²) in [4.78, 5) is 46.3. The number of aromatic nitrogens is 2. The minimum absolute atomic E-state index is 0.133. The number of nitro groups is 1. The minimum atomic E-state index is -0.768. The molecule has 0 bridgehead atoms. The SMILES string of the molecule is O=CC(=O)C1c2ccccc2CN1Cc1nc2c([N+](=O)[O-])cccc2nc1-c1ccccc1Cl. The molecule has 1 aliphatic rings. The maximum absolute atomic E-state index is 12.6. The van der Waals surface area contributed by atoms with Crippen LogP contribution in [0.1, 0.15) is 22.9 Å². The third kappa shape index (κ3) is 3.72. The average Bonchev–Trinajstić information content (AvgIpc) is 3.21. The van der Waals surface area contributed by atoms with Gasteiger partial charge in [0, 0.05) is 24.7 Å². The van der Waals surface area contributed by atoms with Crippen LogP contribution in [0, 0.1) is 10.1 Å². The van der Waals surface area contributed by atoms with E-state index in [1.54, 1.807) is 30.3 Å². The quantitative estimate of drug-likeness (QED) is 0.173. The summed E-state index contributed by atoms with van der Waals surface area (Å²) in [6.45, 7) is 0.549. The highest BCUT2D eigenvalue weighted by molar-refractivity contribution is 6.33. The Balaban J connectivity index is 1.69. The van der Waals surface area contributed by atoms with Crippen LogP contribution in [-0.2, 0) is 22.7 Å². The fourth-order valence-corrected chi connectivity index (χ4v) is 4.64. The summed E-state index contributed by atoms with van der Waals surface area (Å²) < 4.78 is 0. The molecule has 1 aliphatic heterocycles. The average molecular weight is 473 g/mol. The van der Waals surface area contributed by atoms with Crippen molar-refractivity contribution in [2.24, 2.45) is 0 Å². The molecule has 0 fully saturated rings. The van der Waals surface area contributed by atoms with Crippen LogP contribution in [0.3, 0.4) is 0 Å². The fourth-order valence-electron chi connectivity index (χ4n) is 4.41. The molecule has 0 saturated heterocycles. The first-order valence-corrected chi connectivity index (χ1v) is 10.9. The second kappa shape index (κ2) is 8.74. The van der Waals surface area contributed by atoms with Gasteiger partial charge in [-0.2, -0.15) is 0 Å². The zero-order chi connectivity index (χ0) is 23.8. The molecule has 3 aromatic carbocycles. The topological polar surface area (TPSA) is 106 Å². The number of rotatable bonds is 6. The molecule has 0 spiro atoms. The van der Waals surface area contributed by atoms with Crippen molar-refractivity contribution in [3.63, 3.8) is 0 Å². The number of aldehydes is 1. The molecule has 0 saturated carbocycles. The molecule has 0 amide bonds. The van der Waals surface area contributed by atoms with E-state index in [1.165, 1.54) is 6.07 Å². The monoisotopic (exact) mass is 472 g/mol. The van der Waals surface area contributed by atoms with Crippen molar-refractivity contribution in [3.05, 3.63) is 98.7 Å². The molecular weight excluding hydrogens is 456 g/mol. The number of nitro benzene ring substituents is 1. The number of fused-ring (bicyclic) bond motifs is 2. The third-order valence-corrected chi connectivity index (χ3v) is 6.23. The Labute approximate surface area is 199 Å². The zero-order valence-corrected chi connectivity index (χ0v) is 18.5. The normalized spacial score (nSPS) is 15.3. The summed E-state index contributed by atoms with van der Waals surface area (Å²) in [6.07, 6.45) is 0.325. The van der Waals surface area contributed by atoms with E-state index in [9.17, 15) is 19.7 Å². The Kier molecular flexibility index (Phi) is 5.61. The molecule has 0 radical (unpaired) electrons. The number of Topliss-reactive ketones (excluding diaryl/α,β-unsaturated/α-hetero) is 1. The Morgan fingerprint density at radius 3 is 2.62 bits per heavy atom. The summed E-state index contributed by atoms with van der Waals surface area (Å²) >= 11 is 6.46. The van der Waals surface area contributed by atoms with E-state index in [4.69, 9.17) is 16.6 Å². The van der Waals surface area contributed by atoms with Crippen molar-refractivity contribution in [2.75, 3.05) is 0 Å². The van der Waals surface area contributed by atoms with Crippen molar-refractivity contribution >= 4 is 40.4 Å². The van der Waals surface area contributed by atoms with Gasteiger partial charge in [0.25, 0.3) is 5.69 Å². The number of carbonyl (C=O) groups excluding carboxylic acids is 2. The maximum atomic E-state index is 12.6. The van der Waals surface area contributed by atoms with Crippen molar-refractivity contribution in [1.82, 2.24) is 14.9 Å². The first-order chi connectivity index (χ1) is 16.5. The van der Waals surface area contributed by atoms with Crippen LogP contribution in [0.25, 0.3) is 22.3 Å². The van der Waals surface area contributed by atoms with Crippen LogP contribution in [0.15, 0.2) is 66.7 Å². The number of halogens is 1. The van der Waals surface area contributed by atoms with Crippen LogP contribution in [0.2, 0.25) is 5.02 Å². The lowest BCUT2D eigenvalue weighted by atomic mass is 10.0. The predicted octanol–water partition coefficient (Wildman–Crippen LogP) is 4.68. The second-order valence-corrected chi connectivity index (χ2v) is 8.33. The summed E-state index contributed by atoms with van der Waals surface area (Å²) in [5, 5.41) is 12.1. The highest BCUT2D eigenvalue weighted by atomic mass is 35.5. The number of carbonyl (C=O) groups is 2. The van der Waals surface area contributed by atoms with Gasteiger partial charge in [-0.1, -0.05) is 60.1 Å². The van der Waals surface area contributed by atoms with E-state index in [2.05, 4.69) is 4.98 Å². The van der Waals surface area contributed by atoms with Crippen LogP contribution in [0.4, 0.5) is 5.69 Å². The van der Waals surface area contributed by atoms with Crippen molar-refractivity contribution in [3.8, 4) is 11.3 Å². The highest BCUT2D eigenvalue weighted by Crippen LogP contribution is 2.38. The lowest BCUT2D eigenvalue weighted by molar-refractivity contribution is -0.383. The van der Waals surface area contributed by atoms with E-state index < -0.39 is 16.7 Å². The molecule has 4 aromatic rings. The van der Waals surface area contributed by atoms with Crippen molar-refractivity contribution in [1.29, 1.82) is 0 Å². The van der Waals surface area contributed by atoms with Gasteiger partial charge >= 0.3 is 0 Å². The van der Waals surface area contributed by atoms with E-state index in [0.29, 0.717) is 40.3 Å². The Hall–Kier alpha value is -4.01. The minimum Gasteiger partial charge on any atom is -0.295 e. The van der Waals surface area contributed by atoms with Gasteiger partial charge < -0.3 is 0 Å². The summed E-state index contributed by atoms with van der Waals surface area (Å²) in [6, 6.07) is 18.4. The molecule has 1 atom stereocenters. The maximum Gasteiger partial charge on any atom is 0.297 e. The molecule has 1 aromatic heterocycles. The van der Waals surface area contributed by atoms with Gasteiger partial charge in [-0.15, -0.1) is 0 Å². The van der Waals surface area contributed by atoms with Crippen molar-refractivity contribution < 1.29 is 14.5 Å². The van der Waals surface area contributed by atoms with Crippen molar-refractivity contribution in [2.45, 2.75) is 19.1 Å². The number of ketones is 1. The lowest BCUT2D eigenvalue weighted by Crippen LogP contribution is -2.29. The van der Waals surface area contributed by atoms with Gasteiger partial charge in [-0.25, -0.2) is 9.97 Å². The number of nitrogens with zero attached hydrogens (tertiary/aromatic N) is 4. The summed E-state index contributed by atoms with van der Waals surface area (Å²) in [5.41, 5.74) is 3.54. The fraction of sp³-hybridized carbons (Fsp3) is 0.120. The van der Waals surface area contributed by atoms with E-state index >= 15 is 0 Å². The van der Waals surface area contributed by atoms with Gasteiger partial charge in [0.2, 0.25) is 5.78 Å². The lowest BCUT2D eigenvalue weighted by Gasteiger charge is -2.23. The molecule has 0 N–H and O–H groups in total. The number of non-ortho nitro benzene ring substituents is 1. The van der Waals surface area contributed by atoms with Gasteiger partial charge in [-0.3, -0.25) is 24.6 Å². The van der Waals surface area contributed by atoms with Crippen LogP contribution in [0.5, 0.6) is 0 Å². The van der Waals surface area contributed by atoms with E-state index in [0.717, 1.165) is 11.1 Å². The molecule has 0 aliphatic carbocycles. The van der Waals surface area contributed by atoms with Crippen LogP contribution < -0.4 is 0 Å². The van der Waals surface area contributed by atoms with Crippen LogP contribution >= 0.6 is 11.6 Å². The molecule has 5 rings (SSSR count). The van der Waals surface area contributed by atoms with E-state index in [-0.39, 0.29) is 17.7 Å². The molecular formula is C25H17ClN4O4. The number of para-hydroxylation sites is 1. The highest BCUT2D eigenvalue weighted by Gasteiger charge is 2.36. The number of hydrogen-bond acceptors (Lipinski definition) is 7. The smallest absolute Gasteiger partial charge is 0.295 e. The standard InChI is InChI=1S/C25H17ClN4O4/c26-18-9-4-3-8-17(18)23-20(28-24-19(27-23)10-5-11-21(24)30(33)34)13-29-12-15-6-1-2-7-16(15)25(29)22(32)14-31/h1-11,14,25H,12-13H2. The van der Waals surface area contributed by atoms with Gasteiger partial charge in [0.15, 0.2) is 11.8 Å². The summed E-state index contributed by atoms with van der Waals surface area (Å²) in [7, 11) is 0. The molecule has 1 unspecified atom stereocenters. The zero-order valence-electron chi connectivity index (χ0n) is 17.7. The summed E-state index contributed by atoms with van der Waals surface area (Å²) in [5.74, 6) is -0.566. The Morgan fingerprint density at radius 1 is 1.09 bits per heavy atom. The van der Waals surface area contributed by atoms with Crippen LogP contribution in [-0.4, -0.2) is 31.9 Å². The second-order valence-electron chi connectivity index (χ2n) is 7.93. The molecule has 168 valence electrons. The number of benzene rings is 3. The van der Waals surface area contributed by atoms with Gasteiger partial charge in [0.1, 0.15) is 6.04 Å². The predicted molar refractivity (Wildman–Crippen MR) is 126 cm³/mol. The van der Waals surface area contributed by atoms with Gasteiger partial charge in [-0.05, 0) is 23.3 Å². The number of hydrogen-bond donors (Lipinski definition) is 0. The van der Waals surface area contributed by atoms with Gasteiger partial charge in [0.05, 0.1) is 26.9 Å². The molecule has 9 heteroatoms. The molecule has 8 nitrogen and oxygen atoms in total.